The highest BCUT2D eigenvalue weighted by Gasteiger charge is 2.20. The summed E-state index contributed by atoms with van der Waals surface area (Å²) < 4.78 is 0. The van der Waals surface area contributed by atoms with E-state index < -0.39 is 0 Å². The zero-order valence-electron chi connectivity index (χ0n) is 10.1. The molecule has 1 aliphatic heterocycles. The zero-order valence-corrected chi connectivity index (χ0v) is 10.1. The molecule has 1 aromatic carbocycles. The Morgan fingerprint density at radius 1 is 1.38 bits per heavy atom. The quantitative estimate of drug-likeness (QED) is 0.759. The van der Waals surface area contributed by atoms with E-state index in [1.165, 1.54) is 16.8 Å². The predicted octanol–water partition coefficient (Wildman–Crippen LogP) is 2.73. The van der Waals surface area contributed by atoms with Crippen LogP contribution < -0.4 is 4.90 Å². The Labute approximate surface area is 97.3 Å². The van der Waals surface area contributed by atoms with Gasteiger partial charge in [-0.05, 0) is 30.9 Å². The largest absolute Gasteiger partial charge is 0.364 e. The average molecular weight is 217 g/mol. The molecule has 1 heterocycles. The lowest BCUT2D eigenvalue weighted by atomic mass is 10.0. The summed E-state index contributed by atoms with van der Waals surface area (Å²) in [4.78, 5) is 13.8. The van der Waals surface area contributed by atoms with Crippen molar-refractivity contribution in [1.29, 1.82) is 0 Å². The van der Waals surface area contributed by atoms with Gasteiger partial charge in [-0.2, -0.15) is 0 Å². The molecule has 1 aromatic rings. The van der Waals surface area contributed by atoms with Crippen molar-refractivity contribution in [2.45, 2.75) is 33.1 Å². The highest BCUT2D eigenvalue weighted by Crippen LogP contribution is 2.27. The molecular formula is C14H19NO. The highest BCUT2D eigenvalue weighted by molar-refractivity contribution is 5.85. The van der Waals surface area contributed by atoms with E-state index in [0.29, 0.717) is 12.3 Å². The number of Topliss-reactive ketones (excluding diaryl/α,β-unsaturated/α-hetero) is 1. The second-order valence-electron chi connectivity index (χ2n) is 4.50. The molecule has 0 amide bonds. The predicted molar refractivity (Wildman–Crippen MR) is 67.0 cm³/mol. The number of hydrogen-bond acceptors (Lipinski definition) is 2. The number of ketones is 1. The first-order valence-electron chi connectivity index (χ1n) is 6.07. The van der Waals surface area contributed by atoms with E-state index in [2.05, 4.69) is 36.9 Å². The molecular weight excluding hydrogens is 198 g/mol. The van der Waals surface area contributed by atoms with Crippen molar-refractivity contribution in [3.8, 4) is 0 Å². The van der Waals surface area contributed by atoms with Gasteiger partial charge in [0.2, 0.25) is 0 Å². The molecule has 0 aliphatic carbocycles. The fourth-order valence-electron chi connectivity index (χ4n) is 2.49. The van der Waals surface area contributed by atoms with Crippen LogP contribution in [0.5, 0.6) is 0 Å². The van der Waals surface area contributed by atoms with Crippen LogP contribution in [0.3, 0.4) is 0 Å². The number of benzene rings is 1. The first kappa shape index (κ1) is 11.2. The molecule has 0 N–H and O–H groups in total. The topological polar surface area (TPSA) is 20.3 Å². The van der Waals surface area contributed by atoms with Crippen molar-refractivity contribution in [3.63, 3.8) is 0 Å². The van der Waals surface area contributed by atoms with E-state index in [1.807, 2.05) is 0 Å². The molecule has 16 heavy (non-hydrogen) atoms. The fraction of sp³-hybridized carbons (Fsp3) is 0.500. The van der Waals surface area contributed by atoms with E-state index in [9.17, 15) is 4.79 Å². The number of nitrogens with zero attached hydrogens (tertiary/aromatic N) is 1. The van der Waals surface area contributed by atoms with Crippen LogP contribution in [-0.2, 0) is 11.2 Å². The van der Waals surface area contributed by atoms with Gasteiger partial charge in [0, 0.05) is 18.7 Å². The van der Waals surface area contributed by atoms with Crippen molar-refractivity contribution >= 4 is 11.5 Å². The van der Waals surface area contributed by atoms with E-state index in [-0.39, 0.29) is 0 Å². The lowest BCUT2D eigenvalue weighted by Crippen LogP contribution is -2.36. The highest BCUT2D eigenvalue weighted by atomic mass is 16.1. The van der Waals surface area contributed by atoms with Gasteiger partial charge >= 0.3 is 0 Å². The average Bonchev–Trinajstić information content (AvgIpc) is 2.28. The van der Waals surface area contributed by atoms with Crippen LogP contribution in [0, 0.1) is 6.92 Å². The molecule has 2 nitrogen and oxygen atoms in total. The third kappa shape index (κ3) is 2.11. The minimum Gasteiger partial charge on any atom is -0.364 e. The minimum absolute atomic E-state index is 0.372. The SMILES string of the molecule is CCc1cccc(C)c1N1CCCC(=O)C1. The summed E-state index contributed by atoms with van der Waals surface area (Å²) in [5, 5.41) is 0. The number of carbonyl (C=O) groups excluding carboxylic acids is 1. The number of anilines is 1. The molecule has 86 valence electrons. The Bertz CT molecular complexity index is 398. The molecule has 0 spiro atoms. The molecule has 2 rings (SSSR count). The summed E-state index contributed by atoms with van der Waals surface area (Å²) in [6.07, 6.45) is 2.78. The number of piperidine rings is 1. The number of para-hydroxylation sites is 1. The van der Waals surface area contributed by atoms with Gasteiger partial charge in [-0.1, -0.05) is 25.1 Å². The smallest absolute Gasteiger partial charge is 0.152 e. The summed E-state index contributed by atoms with van der Waals surface area (Å²) in [6, 6.07) is 6.40. The molecule has 0 bridgehead atoms. The lowest BCUT2D eigenvalue weighted by molar-refractivity contribution is -0.118. The van der Waals surface area contributed by atoms with Gasteiger partial charge in [0.1, 0.15) is 0 Å². The maximum atomic E-state index is 11.5. The Morgan fingerprint density at radius 3 is 2.88 bits per heavy atom. The third-order valence-electron chi connectivity index (χ3n) is 3.27. The first-order chi connectivity index (χ1) is 7.72. The molecule has 0 saturated carbocycles. The van der Waals surface area contributed by atoms with Crippen LogP contribution in [0.4, 0.5) is 5.69 Å². The van der Waals surface area contributed by atoms with Crippen LogP contribution in [0.1, 0.15) is 30.9 Å². The second-order valence-corrected chi connectivity index (χ2v) is 4.50. The van der Waals surface area contributed by atoms with Crippen molar-refractivity contribution in [1.82, 2.24) is 0 Å². The molecule has 0 atom stereocenters. The lowest BCUT2D eigenvalue weighted by Gasteiger charge is -2.31. The molecule has 0 unspecified atom stereocenters. The Kier molecular flexibility index (Phi) is 3.28. The first-order valence-corrected chi connectivity index (χ1v) is 6.07. The Morgan fingerprint density at radius 2 is 2.19 bits per heavy atom. The molecule has 1 fully saturated rings. The van der Waals surface area contributed by atoms with Gasteiger partial charge in [-0.25, -0.2) is 0 Å². The van der Waals surface area contributed by atoms with Gasteiger partial charge in [0.25, 0.3) is 0 Å². The van der Waals surface area contributed by atoms with E-state index >= 15 is 0 Å². The monoisotopic (exact) mass is 217 g/mol. The number of hydrogen-bond donors (Lipinski definition) is 0. The third-order valence-corrected chi connectivity index (χ3v) is 3.27. The van der Waals surface area contributed by atoms with Crippen LogP contribution in [0.2, 0.25) is 0 Å². The summed E-state index contributed by atoms with van der Waals surface area (Å²) >= 11 is 0. The van der Waals surface area contributed by atoms with Crippen LogP contribution in [0.25, 0.3) is 0 Å². The summed E-state index contributed by atoms with van der Waals surface area (Å²) in [7, 11) is 0. The van der Waals surface area contributed by atoms with Gasteiger partial charge in [-0.15, -0.1) is 0 Å². The standard InChI is InChI=1S/C14H19NO/c1-3-12-7-4-6-11(2)14(12)15-9-5-8-13(16)10-15/h4,6-7H,3,5,8-10H2,1-2H3. The number of carbonyl (C=O) groups is 1. The van der Waals surface area contributed by atoms with Crippen molar-refractivity contribution in [2.75, 3.05) is 18.0 Å². The van der Waals surface area contributed by atoms with Crippen molar-refractivity contribution in [3.05, 3.63) is 29.3 Å². The summed E-state index contributed by atoms with van der Waals surface area (Å²) in [5.74, 6) is 0.372. The van der Waals surface area contributed by atoms with E-state index in [1.54, 1.807) is 0 Å². The van der Waals surface area contributed by atoms with Crippen molar-refractivity contribution in [2.24, 2.45) is 0 Å². The summed E-state index contributed by atoms with van der Waals surface area (Å²) in [5.41, 5.74) is 3.93. The fourth-order valence-corrected chi connectivity index (χ4v) is 2.49. The second kappa shape index (κ2) is 4.69. The molecule has 0 aromatic heterocycles. The Balaban J connectivity index is 2.34. The molecule has 0 radical (unpaired) electrons. The van der Waals surface area contributed by atoms with Crippen molar-refractivity contribution < 1.29 is 4.79 Å². The van der Waals surface area contributed by atoms with Gasteiger partial charge in [0.05, 0.1) is 6.54 Å². The van der Waals surface area contributed by atoms with E-state index in [0.717, 1.165) is 25.8 Å². The normalized spacial score (nSPS) is 16.6. The molecule has 1 aliphatic rings. The zero-order chi connectivity index (χ0) is 11.5. The summed E-state index contributed by atoms with van der Waals surface area (Å²) in [6.45, 7) is 5.92. The van der Waals surface area contributed by atoms with E-state index in [4.69, 9.17) is 0 Å². The van der Waals surface area contributed by atoms with Gasteiger partial charge < -0.3 is 4.90 Å². The van der Waals surface area contributed by atoms with Gasteiger partial charge in [-0.3, -0.25) is 4.79 Å². The number of rotatable bonds is 2. The van der Waals surface area contributed by atoms with Crippen LogP contribution >= 0.6 is 0 Å². The minimum atomic E-state index is 0.372. The molecule has 1 saturated heterocycles. The molecule has 2 heteroatoms. The maximum absolute atomic E-state index is 11.5. The van der Waals surface area contributed by atoms with Gasteiger partial charge in [0.15, 0.2) is 5.78 Å². The Hall–Kier alpha value is -1.31. The van der Waals surface area contributed by atoms with Crippen LogP contribution in [-0.4, -0.2) is 18.9 Å². The maximum Gasteiger partial charge on any atom is 0.152 e. The number of aryl methyl sites for hydroxylation is 2. The van der Waals surface area contributed by atoms with Crippen LogP contribution in [0.15, 0.2) is 18.2 Å².